The van der Waals surface area contributed by atoms with Crippen molar-refractivity contribution >= 4 is 0 Å². The number of aliphatic hydroxyl groups excluding tert-OH is 1. The van der Waals surface area contributed by atoms with Crippen molar-refractivity contribution in [2.45, 2.75) is 25.9 Å². The predicted molar refractivity (Wildman–Crippen MR) is 68.2 cm³/mol. The molecule has 0 fully saturated rings. The van der Waals surface area contributed by atoms with E-state index in [1.54, 1.807) is 0 Å². The maximum atomic E-state index is 9.07. The molecule has 4 heteroatoms. The van der Waals surface area contributed by atoms with Gasteiger partial charge in [-0.15, -0.1) is 0 Å². The minimum absolute atomic E-state index is 0.0673. The summed E-state index contributed by atoms with van der Waals surface area (Å²) >= 11 is 0. The summed E-state index contributed by atoms with van der Waals surface area (Å²) in [5, 5.41) is 17.7. The number of rotatable bonds is 8. The molecule has 0 heterocycles. The summed E-state index contributed by atoms with van der Waals surface area (Å²) in [7, 11) is 0. The Hall–Kier alpha value is -1.57. The van der Waals surface area contributed by atoms with Gasteiger partial charge in [-0.25, -0.2) is 0 Å². The van der Waals surface area contributed by atoms with Crippen molar-refractivity contribution in [3.05, 3.63) is 29.8 Å². The first-order chi connectivity index (χ1) is 8.81. The molecule has 1 rings (SSSR count). The maximum absolute atomic E-state index is 9.07. The van der Waals surface area contributed by atoms with Crippen molar-refractivity contribution in [1.29, 1.82) is 5.26 Å². The second-order valence-electron chi connectivity index (χ2n) is 3.88. The fourth-order valence-electron chi connectivity index (χ4n) is 1.46. The lowest BCUT2D eigenvalue weighted by molar-refractivity contribution is 0.0772. The molecule has 98 valence electrons. The maximum Gasteiger partial charge on any atom is 0.169 e. The topological polar surface area (TPSA) is 62.5 Å². The standard InChI is InChI=1S/C14H19NO3/c1-2-8-17-13-6-3-5-12(10-13)14(11-15)18-9-4-7-16/h3,5-6,10,14,16H,2,4,7-9H2,1H3. The highest BCUT2D eigenvalue weighted by Gasteiger charge is 2.11. The average Bonchev–Trinajstić information content (AvgIpc) is 2.42. The van der Waals surface area contributed by atoms with Crippen LogP contribution in [0.3, 0.4) is 0 Å². The lowest BCUT2D eigenvalue weighted by Gasteiger charge is -2.12. The Morgan fingerprint density at radius 3 is 2.89 bits per heavy atom. The zero-order chi connectivity index (χ0) is 13.2. The zero-order valence-corrected chi connectivity index (χ0v) is 10.6. The summed E-state index contributed by atoms with van der Waals surface area (Å²) in [5.41, 5.74) is 0.782. The molecule has 1 unspecified atom stereocenters. The second kappa shape index (κ2) is 8.51. The molecule has 18 heavy (non-hydrogen) atoms. The largest absolute Gasteiger partial charge is 0.494 e. The van der Waals surface area contributed by atoms with E-state index in [-0.39, 0.29) is 6.61 Å². The molecular formula is C14H19NO3. The van der Waals surface area contributed by atoms with Crippen molar-refractivity contribution in [3.8, 4) is 11.8 Å². The SMILES string of the molecule is CCCOc1cccc(C(C#N)OCCCO)c1. The van der Waals surface area contributed by atoms with Crippen LogP contribution in [0.2, 0.25) is 0 Å². The van der Waals surface area contributed by atoms with E-state index in [2.05, 4.69) is 6.07 Å². The normalized spacial score (nSPS) is 11.8. The van der Waals surface area contributed by atoms with Crippen molar-refractivity contribution in [2.75, 3.05) is 19.8 Å². The van der Waals surface area contributed by atoms with E-state index in [9.17, 15) is 0 Å². The minimum atomic E-state index is -0.610. The van der Waals surface area contributed by atoms with Crippen LogP contribution in [0, 0.1) is 11.3 Å². The first-order valence-electron chi connectivity index (χ1n) is 6.16. The van der Waals surface area contributed by atoms with Gasteiger partial charge in [0.15, 0.2) is 6.10 Å². The highest BCUT2D eigenvalue weighted by molar-refractivity contribution is 5.32. The van der Waals surface area contributed by atoms with Crippen LogP contribution in [0.25, 0.3) is 0 Å². The summed E-state index contributed by atoms with van der Waals surface area (Å²) in [4.78, 5) is 0. The molecule has 0 saturated carbocycles. The molecule has 0 bridgehead atoms. The van der Waals surface area contributed by atoms with Crippen molar-refractivity contribution in [3.63, 3.8) is 0 Å². The van der Waals surface area contributed by atoms with Crippen LogP contribution < -0.4 is 4.74 Å². The van der Waals surface area contributed by atoms with E-state index in [0.29, 0.717) is 19.6 Å². The van der Waals surface area contributed by atoms with Gasteiger partial charge in [0.1, 0.15) is 5.75 Å². The van der Waals surface area contributed by atoms with Crippen LogP contribution in [0.1, 0.15) is 31.4 Å². The summed E-state index contributed by atoms with van der Waals surface area (Å²) in [6.45, 7) is 3.14. The van der Waals surface area contributed by atoms with Gasteiger partial charge in [0.2, 0.25) is 0 Å². The zero-order valence-electron chi connectivity index (χ0n) is 10.6. The number of hydrogen-bond acceptors (Lipinski definition) is 4. The van der Waals surface area contributed by atoms with Gasteiger partial charge in [-0.1, -0.05) is 19.1 Å². The van der Waals surface area contributed by atoms with Crippen LogP contribution in [-0.4, -0.2) is 24.9 Å². The number of benzene rings is 1. The van der Waals surface area contributed by atoms with E-state index in [1.807, 2.05) is 31.2 Å². The summed E-state index contributed by atoms with van der Waals surface area (Å²) < 4.78 is 10.9. The molecule has 0 spiro atoms. The Labute approximate surface area is 108 Å². The van der Waals surface area contributed by atoms with E-state index in [4.69, 9.17) is 19.8 Å². The Balaban J connectivity index is 2.64. The van der Waals surface area contributed by atoms with Crippen molar-refractivity contribution in [1.82, 2.24) is 0 Å². The van der Waals surface area contributed by atoms with Gasteiger partial charge in [0, 0.05) is 6.61 Å². The molecule has 1 atom stereocenters. The first kappa shape index (κ1) is 14.5. The van der Waals surface area contributed by atoms with E-state index >= 15 is 0 Å². The fourth-order valence-corrected chi connectivity index (χ4v) is 1.46. The van der Waals surface area contributed by atoms with Gasteiger partial charge in [-0.2, -0.15) is 5.26 Å². The van der Waals surface area contributed by atoms with Gasteiger partial charge in [-0.05, 0) is 30.5 Å². The lowest BCUT2D eigenvalue weighted by atomic mass is 10.1. The van der Waals surface area contributed by atoms with E-state index < -0.39 is 6.10 Å². The van der Waals surface area contributed by atoms with E-state index in [1.165, 1.54) is 0 Å². The molecule has 1 aromatic carbocycles. The molecule has 0 aliphatic rings. The van der Waals surface area contributed by atoms with Crippen LogP contribution in [0.15, 0.2) is 24.3 Å². The van der Waals surface area contributed by atoms with Crippen molar-refractivity contribution in [2.24, 2.45) is 0 Å². The lowest BCUT2D eigenvalue weighted by Crippen LogP contribution is -2.05. The van der Waals surface area contributed by atoms with Crippen LogP contribution in [0.4, 0.5) is 0 Å². The Kier molecular flexibility index (Phi) is 6.85. The number of nitriles is 1. The molecule has 1 aromatic rings. The third kappa shape index (κ3) is 4.74. The highest BCUT2D eigenvalue weighted by Crippen LogP contribution is 2.22. The molecule has 0 aliphatic heterocycles. The Bertz CT molecular complexity index is 387. The molecule has 0 aliphatic carbocycles. The molecule has 0 radical (unpaired) electrons. The monoisotopic (exact) mass is 249 g/mol. The third-order valence-electron chi connectivity index (χ3n) is 2.34. The van der Waals surface area contributed by atoms with Gasteiger partial charge in [-0.3, -0.25) is 0 Å². The second-order valence-corrected chi connectivity index (χ2v) is 3.88. The van der Waals surface area contributed by atoms with Crippen LogP contribution in [-0.2, 0) is 4.74 Å². The number of ether oxygens (including phenoxy) is 2. The summed E-state index contributed by atoms with van der Waals surface area (Å²) in [6, 6.07) is 9.47. The number of hydrogen-bond donors (Lipinski definition) is 1. The van der Waals surface area contributed by atoms with Gasteiger partial charge in [0.05, 0.1) is 19.3 Å². The average molecular weight is 249 g/mol. The smallest absolute Gasteiger partial charge is 0.169 e. The fraction of sp³-hybridized carbons (Fsp3) is 0.500. The van der Waals surface area contributed by atoms with Gasteiger partial charge in [0.25, 0.3) is 0 Å². The predicted octanol–water partition coefficient (Wildman–Crippen LogP) is 2.44. The molecule has 0 aromatic heterocycles. The van der Waals surface area contributed by atoms with Crippen LogP contribution >= 0.6 is 0 Å². The van der Waals surface area contributed by atoms with Gasteiger partial charge < -0.3 is 14.6 Å². The van der Waals surface area contributed by atoms with Crippen LogP contribution in [0.5, 0.6) is 5.75 Å². The van der Waals surface area contributed by atoms with E-state index in [0.717, 1.165) is 17.7 Å². The molecule has 0 saturated heterocycles. The quantitative estimate of drug-likeness (QED) is 0.719. The first-order valence-corrected chi connectivity index (χ1v) is 6.16. The molecule has 4 nitrogen and oxygen atoms in total. The Morgan fingerprint density at radius 2 is 2.22 bits per heavy atom. The van der Waals surface area contributed by atoms with Crippen molar-refractivity contribution < 1.29 is 14.6 Å². The number of nitrogens with zero attached hydrogens (tertiary/aromatic N) is 1. The highest BCUT2D eigenvalue weighted by atomic mass is 16.5. The molecule has 1 N–H and O–H groups in total. The third-order valence-corrected chi connectivity index (χ3v) is 2.34. The number of aliphatic hydroxyl groups is 1. The summed E-state index contributed by atoms with van der Waals surface area (Å²) in [5.74, 6) is 0.750. The Morgan fingerprint density at radius 1 is 1.39 bits per heavy atom. The minimum Gasteiger partial charge on any atom is -0.494 e. The molecule has 0 amide bonds. The summed E-state index contributed by atoms with van der Waals surface area (Å²) in [6.07, 6.45) is 0.866. The molecular weight excluding hydrogens is 230 g/mol. The van der Waals surface area contributed by atoms with Gasteiger partial charge >= 0.3 is 0 Å².